The third-order valence-electron chi connectivity index (χ3n) is 3.64. The molecular formula is C14H17BrN2O3. The highest BCUT2D eigenvalue weighted by atomic mass is 79.9. The molecular weight excluding hydrogens is 324 g/mol. The van der Waals surface area contributed by atoms with Crippen molar-refractivity contribution in [3.05, 3.63) is 28.2 Å². The number of carbonyl (C=O) groups is 2. The van der Waals surface area contributed by atoms with Gasteiger partial charge in [-0.05, 0) is 30.5 Å². The molecule has 2 unspecified atom stereocenters. The van der Waals surface area contributed by atoms with Crippen molar-refractivity contribution < 1.29 is 14.7 Å². The molecule has 1 aromatic rings. The van der Waals surface area contributed by atoms with E-state index in [1.165, 1.54) is 0 Å². The van der Waals surface area contributed by atoms with E-state index in [-0.39, 0.29) is 18.5 Å². The van der Waals surface area contributed by atoms with Crippen LogP contribution >= 0.6 is 15.9 Å². The second-order valence-electron chi connectivity index (χ2n) is 5.22. The van der Waals surface area contributed by atoms with Crippen LogP contribution in [0.4, 0.5) is 10.5 Å². The summed E-state index contributed by atoms with van der Waals surface area (Å²) in [6.07, 6.45) is 0. The highest BCUT2D eigenvalue weighted by Crippen LogP contribution is 2.25. The fourth-order valence-electron chi connectivity index (χ4n) is 2.33. The van der Waals surface area contributed by atoms with Crippen LogP contribution in [0.25, 0.3) is 0 Å². The number of urea groups is 1. The van der Waals surface area contributed by atoms with Crippen LogP contribution in [-0.2, 0) is 4.79 Å². The van der Waals surface area contributed by atoms with Gasteiger partial charge >= 0.3 is 12.0 Å². The fourth-order valence-corrected chi connectivity index (χ4v) is 2.71. The number of benzene rings is 1. The van der Waals surface area contributed by atoms with E-state index >= 15 is 0 Å². The number of rotatable bonds is 2. The molecule has 1 heterocycles. The first-order valence-electron chi connectivity index (χ1n) is 6.43. The van der Waals surface area contributed by atoms with Crippen molar-refractivity contribution in [1.82, 2.24) is 4.90 Å². The predicted molar refractivity (Wildman–Crippen MR) is 79.8 cm³/mol. The predicted octanol–water partition coefficient (Wildman–Crippen LogP) is 2.94. The van der Waals surface area contributed by atoms with Crippen LogP contribution in [0.5, 0.6) is 0 Å². The number of amides is 2. The van der Waals surface area contributed by atoms with Crippen LogP contribution in [0.1, 0.15) is 12.5 Å². The van der Waals surface area contributed by atoms with Crippen molar-refractivity contribution in [3.8, 4) is 0 Å². The third-order valence-corrected chi connectivity index (χ3v) is 4.49. The van der Waals surface area contributed by atoms with Crippen molar-refractivity contribution in [1.29, 1.82) is 0 Å². The number of carboxylic acids is 1. The zero-order valence-corrected chi connectivity index (χ0v) is 13.0. The lowest BCUT2D eigenvalue weighted by molar-refractivity contribution is -0.142. The molecule has 5 nitrogen and oxygen atoms in total. The smallest absolute Gasteiger partial charge is 0.321 e. The van der Waals surface area contributed by atoms with Gasteiger partial charge < -0.3 is 15.3 Å². The van der Waals surface area contributed by atoms with Gasteiger partial charge in [0.1, 0.15) is 0 Å². The Labute approximate surface area is 126 Å². The summed E-state index contributed by atoms with van der Waals surface area (Å²) in [5, 5.41) is 11.9. The lowest BCUT2D eigenvalue weighted by Gasteiger charge is -2.17. The molecule has 0 aromatic heterocycles. The molecule has 2 N–H and O–H groups in total. The van der Waals surface area contributed by atoms with Gasteiger partial charge in [0.15, 0.2) is 0 Å². The number of nitrogens with zero attached hydrogens (tertiary/aromatic N) is 1. The molecule has 1 aliphatic heterocycles. The van der Waals surface area contributed by atoms with Crippen molar-refractivity contribution in [3.63, 3.8) is 0 Å². The average Bonchev–Trinajstić information content (AvgIpc) is 2.76. The lowest BCUT2D eigenvalue weighted by atomic mass is 9.99. The van der Waals surface area contributed by atoms with Gasteiger partial charge in [-0.15, -0.1) is 0 Å². The first kappa shape index (κ1) is 14.8. The molecule has 2 atom stereocenters. The quantitative estimate of drug-likeness (QED) is 0.869. The molecule has 6 heteroatoms. The fraction of sp³-hybridized carbons (Fsp3) is 0.429. The Morgan fingerprint density at radius 3 is 2.65 bits per heavy atom. The van der Waals surface area contributed by atoms with Crippen molar-refractivity contribution in [2.45, 2.75) is 13.8 Å². The van der Waals surface area contributed by atoms with Crippen LogP contribution in [0.15, 0.2) is 22.7 Å². The van der Waals surface area contributed by atoms with E-state index in [0.717, 1.165) is 10.0 Å². The highest BCUT2D eigenvalue weighted by molar-refractivity contribution is 9.10. The summed E-state index contributed by atoms with van der Waals surface area (Å²) in [6.45, 7) is 4.55. The van der Waals surface area contributed by atoms with Crippen LogP contribution in [0.3, 0.4) is 0 Å². The van der Waals surface area contributed by atoms with E-state index in [1.807, 2.05) is 32.0 Å². The number of nitrogens with one attached hydrogen (secondary N) is 1. The Kier molecular flexibility index (Phi) is 4.32. The van der Waals surface area contributed by atoms with Crippen molar-refractivity contribution in [2.24, 2.45) is 11.8 Å². The van der Waals surface area contributed by atoms with Gasteiger partial charge in [0.2, 0.25) is 0 Å². The number of anilines is 1. The largest absolute Gasteiger partial charge is 0.481 e. The normalized spacial score (nSPS) is 21.9. The lowest BCUT2D eigenvalue weighted by Crippen LogP contribution is -2.33. The van der Waals surface area contributed by atoms with Gasteiger partial charge in [0.05, 0.1) is 5.92 Å². The molecule has 1 fully saturated rings. The molecule has 0 aliphatic carbocycles. The molecule has 2 amide bonds. The Morgan fingerprint density at radius 1 is 1.40 bits per heavy atom. The molecule has 0 bridgehead atoms. The summed E-state index contributed by atoms with van der Waals surface area (Å²) in [7, 11) is 0. The number of carboxylic acid groups (broad SMARTS) is 1. The number of likely N-dealkylation sites (tertiary alicyclic amines) is 1. The molecule has 0 spiro atoms. The molecule has 1 saturated heterocycles. The molecule has 1 aromatic carbocycles. The molecule has 1 aliphatic rings. The maximum Gasteiger partial charge on any atom is 0.321 e. The van der Waals surface area contributed by atoms with Gasteiger partial charge in [-0.2, -0.15) is 0 Å². The number of hydrogen-bond donors (Lipinski definition) is 2. The number of halogens is 1. The van der Waals surface area contributed by atoms with E-state index in [4.69, 9.17) is 5.11 Å². The van der Waals surface area contributed by atoms with Crippen LogP contribution < -0.4 is 5.32 Å². The standard InChI is InChI=1S/C14H17BrN2O3/c1-8-3-4-10(5-12(8)15)16-14(20)17-6-9(2)11(7-17)13(18)19/h3-5,9,11H,6-7H2,1-2H3,(H,16,20)(H,18,19). The first-order valence-corrected chi connectivity index (χ1v) is 7.22. The van der Waals surface area contributed by atoms with E-state index in [0.29, 0.717) is 12.2 Å². The van der Waals surface area contributed by atoms with Crippen LogP contribution in [0.2, 0.25) is 0 Å². The zero-order valence-electron chi connectivity index (χ0n) is 11.4. The highest BCUT2D eigenvalue weighted by Gasteiger charge is 2.36. The maximum absolute atomic E-state index is 12.1. The molecule has 108 valence electrons. The van der Waals surface area contributed by atoms with E-state index in [2.05, 4.69) is 21.2 Å². The summed E-state index contributed by atoms with van der Waals surface area (Å²) < 4.78 is 0.925. The van der Waals surface area contributed by atoms with E-state index < -0.39 is 11.9 Å². The second kappa shape index (κ2) is 5.83. The second-order valence-corrected chi connectivity index (χ2v) is 6.08. The summed E-state index contributed by atoms with van der Waals surface area (Å²) in [5.41, 5.74) is 1.78. The molecule has 0 saturated carbocycles. The molecule has 2 rings (SSSR count). The van der Waals surface area contributed by atoms with Gasteiger partial charge in [-0.25, -0.2) is 4.79 Å². The Hall–Kier alpha value is -1.56. The van der Waals surface area contributed by atoms with E-state index in [9.17, 15) is 9.59 Å². The van der Waals surface area contributed by atoms with E-state index in [1.54, 1.807) is 4.90 Å². The number of carbonyl (C=O) groups excluding carboxylic acids is 1. The first-order chi connectivity index (χ1) is 9.38. The SMILES string of the molecule is Cc1ccc(NC(=O)N2CC(C)C(C(=O)O)C2)cc1Br. The van der Waals surface area contributed by atoms with Gasteiger partial charge in [0, 0.05) is 23.2 Å². The minimum absolute atomic E-state index is 0.0250. The van der Waals surface area contributed by atoms with Gasteiger partial charge in [-0.1, -0.05) is 28.9 Å². The number of aliphatic carboxylic acids is 1. The van der Waals surface area contributed by atoms with Gasteiger partial charge in [-0.3, -0.25) is 4.79 Å². The molecule has 20 heavy (non-hydrogen) atoms. The minimum atomic E-state index is -0.842. The minimum Gasteiger partial charge on any atom is -0.481 e. The summed E-state index contributed by atoms with van der Waals surface area (Å²) >= 11 is 3.42. The van der Waals surface area contributed by atoms with Crippen molar-refractivity contribution in [2.75, 3.05) is 18.4 Å². The zero-order chi connectivity index (χ0) is 14.9. The van der Waals surface area contributed by atoms with Gasteiger partial charge in [0.25, 0.3) is 0 Å². The Morgan fingerprint density at radius 2 is 2.10 bits per heavy atom. The van der Waals surface area contributed by atoms with Crippen LogP contribution in [0, 0.1) is 18.8 Å². The monoisotopic (exact) mass is 340 g/mol. The summed E-state index contributed by atoms with van der Waals surface area (Å²) in [5.74, 6) is -1.35. The average molecular weight is 341 g/mol. The Balaban J connectivity index is 2.02. The molecule has 0 radical (unpaired) electrons. The summed E-state index contributed by atoms with van der Waals surface area (Å²) in [4.78, 5) is 24.7. The topological polar surface area (TPSA) is 69.6 Å². The third kappa shape index (κ3) is 3.12. The van der Waals surface area contributed by atoms with Crippen LogP contribution in [-0.4, -0.2) is 35.1 Å². The summed E-state index contributed by atoms with van der Waals surface area (Å²) in [6, 6.07) is 5.32. The maximum atomic E-state index is 12.1. The van der Waals surface area contributed by atoms with Crippen molar-refractivity contribution >= 4 is 33.6 Å². The number of hydrogen-bond acceptors (Lipinski definition) is 2. The number of aryl methyl sites for hydroxylation is 1. The Bertz CT molecular complexity index is 547.